The molecule has 44 heavy (non-hydrogen) atoms. The van der Waals surface area contributed by atoms with Crippen molar-refractivity contribution in [3.63, 3.8) is 0 Å². The van der Waals surface area contributed by atoms with Gasteiger partial charge in [-0.15, -0.1) is 0 Å². The first-order chi connectivity index (χ1) is 21.1. The van der Waals surface area contributed by atoms with Gasteiger partial charge in [-0.2, -0.15) is 0 Å². The summed E-state index contributed by atoms with van der Waals surface area (Å²) < 4.78 is 35.1. The van der Waals surface area contributed by atoms with Gasteiger partial charge in [0.15, 0.2) is 23.0 Å². The van der Waals surface area contributed by atoms with Crippen molar-refractivity contribution in [3.8, 4) is 23.0 Å². The Morgan fingerprint density at radius 3 is 1.86 bits per heavy atom. The smallest absolute Gasteiger partial charge is 0.277 e. The van der Waals surface area contributed by atoms with Gasteiger partial charge in [-0.25, -0.2) is 0 Å². The number of rotatable bonds is 10. The zero-order valence-corrected chi connectivity index (χ0v) is 24.7. The summed E-state index contributed by atoms with van der Waals surface area (Å²) >= 11 is 0. The van der Waals surface area contributed by atoms with Crippen molar-refractivity contribution < 1.29 is 38.3 Å². The van der Waals surface area contributed by atoms with Gasteiger partial charge in [0.05, 0.1) is 50.5 Å². The van der Waals surface area contributed by atoms with E-state index in [1.807, 2.05) is 36.4 Å². The summed E-state index contributed by atoms with van der Waals surface area (Å²) in [7, 11) is 6.26. The van der Waals surface area contributed by atoms with Crippen molar-refractivity contribution in [3.05, 3.63) is 91.5 Å². The number of nitrogens with zero attached hydrogens (tertiary/aromatic N) is 2. The lowest BCUT2D eigenvalue weighted by Crippen LogP contribution is -2.44. The Kier molecular flexibility index (Phi) is 8.59. The van der Waals surface area contributed by atoms with Crippen molar-refractivity contribution in [2.24, 2.45) is 0 Å². The molecule has 1 saturated carbocycles. The Balaban J connectivity index is 1.52. The molecule has 0 amide bonds. The van der Waals surface area contributed by atoms with E-state index in [1.54, 1.807) is 28.4 Å². The molecule has 1 aliphatic heterocycles. The van der Waals surface area contributed by atoms with E-state index >= 15 is 0 Å². The molecule has 1 N–H and O–H groups in total. The number of nitrogens with one attached hydrogen (secondary N) is 1. The Hall–Kier alpha value is -4.91. The van der Waals surface area contributed by atoms with Crippen LogP contribution in [-0.2, 0) is 9.47 Å². The lowest BCUT2D eigenvalue weighted by Gasteiger charge is -2.37. The summed E-state index contributed by atoms with van der Waals surface area (Å²) in [5.41, 5.74) is -0.129. The molecule has 4 atom stereocenters. The third-order valence-electron chi connectivity index (χ3n) is 8.45. The van der Waals surface area contributed by atoms with E-state index in [9.17, 15) is 20.2 Å². The molecular weight excluding hydrogens is 574 g/mol. The van der Waals surface area contributed by atoms with Crippen LogP contribution in [0.15, 0.2) is 54.6 Å². The van der Waals surface area contributed by atoms with Gasteiger partial charge < -0.3 is 28.4 Å². The second-order valence-corrected chi connectivity index (χ2v) is 10.6. The maximum absolute atomic E-state index is 11.5. The Morgan fingerprint density at radius 1 is 0.773 bits per heavy atom. The van der Waals surface area contributed by atoms with Crippen molar-refractivity contribution in [2.75, 3.05) is 28.4 Å². The van der Waals surface area contributed by atoms with E-state index in [4.69, 9.17) is 33.8 Å². The van der Waals surface area contributed by atoms with Gasteiger partial charge in [0.2, 0.25) is 5.90 Å². The molecule has 3 aromatic carbocycles. The highest BCUT2D eigenvalue weighted by atomic mass is 16.6. The van der Waals surface area contributed by atoms with Crippen molar-refractivity contribution in [1.29, 1.82) is 5.41 Å². The minimum atomic E-state index is -0.892. The Morgan fingerprint density at radius 2 is 1.32 bits per heavy atom. The molecule has 232 valence electrons. The van der Waals surface area contributed by atoms with E-state index in [1.165, 1.54) is 0 Å². The van der Waals surface area contributed by atoms with Gasteiger partial charge in [-0.05, 0) is 61.1 Å². The molecule has 0 aromatic heterocycles. The number of nitro groups is 2. The summed E-state index contributed by atoms with van der Waals surface area (Å²) in [6.07, 6.45) is 1.44. The lowest BCUT2D eigenvalue weighted by molar-refractivity contribution is -0.394. The van der Waals surface area contributed by atoms with E-state index in [0.29, 0.717) is 48.7 Å². The minimum Gasteiger partial charge on any atom is -0.493 e. The van der Waals surface area contributed by atoms with Crippen LogP contribution >= 0.6 is 0 Å². The standard InChI is InChI=1S/C31H33N3O10/c1-39-25-8-5-18(15-27(25)41-3)23-7-10-29(43-30(32)20-13-21(33(35)36)17-22(14-20)34(37)38)31(23)12-11-24(44-31)19-6-9-26(40-2)28(16-19)42-4/h5-6,8-9,13-17,23-24,29,32H,7,10-12H2,1-4H3. The second kappa shape index (κ2) is 12.4. The Labute approximate surface area is 253 Å². The number of non-ortho nitro benzene ring substituents is 2. The zero-order chi connectivity index (χ0) is 31.6. The molecule has 0 radical (unpaired) electrons. The maximum atomic E-state index is 11.5. The van der Waals surface area contributed by atoms with Gasteiger partial charge in [0, 0.05) is 23.6 Å². The van der Waals surface area contributed by atoms with Crippen LogP contribution in [0, 0.1) is 25.6 Å². The maximum Gasteiger partial charge on any atom is 0.277 e. The molecule has 1 heterocycles. The molecule has 3 aromatic rings. The molecule has 13 heteroatoms. The van der Waals surface area contributed by atoms with Crippen LogP contribution in [0.4, 0.5) is 11.4 Å². The van der Waals surface area contributed by atoms with E-state index < -0.39 is 38.8 Å². The van der Waals surface area contributed by atoms with Crippen LogP contribution < -0.4 is 18.9 Å². The molecule has 1 spiro atoms. The van der Waals surface area contributed by atoms with Crippen molar-refractivity contribution in [2.45, 2.75) is 49.4 Å². The number of hydrogen-bond acceptors (Lipinski definition) is 11. The van der Waals surface area contributed by atoms with Gasteiger partial charge in [-0.1, -0.05) is 12.1 Å². The molecule has 4 unspecified atom stereocenters. The number of hydrogen-bond donors (Lipinski definition) is 1. The van der Waals surface area contributed by atoms with Crippen LogP contribution in [0.5, 0.6) is 23.0 Å². The van der Waals surface area contributed by atoms with Gasteiger partial charge in [0.1, 0.15) is 11.7 Å². The van der Waals surface area contributed by atoms with Crippen LogP contribution in [0.1, 0.15) is 54.4 Å². The van der Waals surface area contributed by atoms with Crippen LogP contribution in [0.2, 0.25) is 0 Å². The van der Waals surface area contributed by atoms with Crippen molar-refractivity contribution >= 4 is 17.3 Å². The van der Waals surface area contributed by atoms with Gasteiger partial charge >= 0.3 is 0 Å². The SMILES string of the molecule is COc1ccc(C2CCC3(O2)C(OC(=N)c2cc([N+](=O)[O-])cc([N+](=O)[O-])c2)CCC3c2ccc(OC)c(OC)c2)cc1OC. The van der Waals surface area contributed by atoms with Crippen LogP contribution in [-0.4, -0.2) is 55.9 Å². The third-order valence-corrected chi connectivity index (χ3v) is 8.45. The monoisotopic (exact) mass is 607 g/mol. The zero-order valence-electron chi connectivity index (χ0n) is 24.7. The molecule has 1 saturated heterocycles. The highest BCUT2D eigenvalue weighted by Crippen LogP contribution is 2.57. The molecular formula is C31H33N3O10. The number of benzene rings is 3. The summed E-state index contributed by atoms with van der Waals surface area (Å²) in [5, 5.41) is 31.7. The predicted octanol–water partition coefficient (Wildman–Crippen LogP) is 6.12. The van der Waals surface area contributed by atoms with E-state index in [-0.39, 0.29) is 17.6 Å². The van der Waals surface area contributed by atoms with Crippen molar-refractivity contribution in [1.82, 2.24) is 0 Å². The average Bonchev–Trinajstić information content (AvgIpc) is 3.64. The first-order valence-electron chi connectivity index (χ1n) is 13.9. The minimum absolute atomic E-state index is 0.0648. The molecule has 5 rings (SSSR count). The summed E-state index contributed by atoms with van der Waals surface area (Å²) in [6, 6.07) is 14.4. The van der Waals surface area contributed by atoms with Gasteiger partial charge in [0.25, 0.3) is 11.4 Å². The molecule has 2 fully saturated rings. The topological polar surface area (TPSA) is 166 Å². The fraction of sp³-hybridized carbons (Fsp3) is 0.387. The molecule has 13 nitrogen and oxygen atoms in total. The molecule has 0 bridgehead atoms. The summed E-state index contributed by atoms with van der Waals surface area (Å²) in [5.74, 6) is 1.74. The fourth-order valence-electron chi connectivity index (χ4n) is 6.38. The predicted molar refractivity (Wildman–Crippen MR) is 158 cm³/mol. The lowest BCUT2D eigenvalue weighted by atomic mass is 9.81. The summed E-state index contributed by atoms with van der Waals surface area (Å²) in [6.45, 7) is 0. The van der Waals surface area contributed by atoms with E-state index in [0.717, 1.165) is 29.3 Å². The first-order valence-corrected chi connectivity index (χ1v) is 13.9. The largest absolute Gasteiger partial charge is 0.493 e. The average molecular weight is 608 g/mol. The highest BCUT2D eigenvalue weighted by Gasteiger charge is 2.58. The molecule has 1 aliphatic carbocycles. The quantitative estimate of drug-likeness (QED) is 0.123. The van der Waals surface area contributed by atoms with Gasteiger partial charge in [-0.3, -0.25) is 25.6 Å². The second-order valence-electron chi connectivity index (χ2n) is 10.6. The Bertz CT molecular complexity index is 1560. The normalized spacial score (nSPS) is 22.4. The third kappa shape index (κ3) is 5.57. The van der Waals surface area contributed by atoms with Crippen LogP contribution in [0.25, 0.3) is 0 Å². The highest BCUT2D eigenvalue weighted by molar-refractivity contribution is 5.93. The summed E-state index contributed by atoms with van der Waals surface area (Å²) in [4.78, 5) is 21.5. The number of ether oxygens (including phenoxy) is 6. The number of methoxy groups -OCH3 is 4. The number of nitro benzene ring substituents is 2. The van der Waals surface area contributed by atoms with E-state index in [2.05, 4.69) is 0 Å². The first kappa shape index (κ1) is 30.5. The van der Waals surface area contributed by atoms with Crippen LogP contribution in [0.3, 0.4) is 0 Å². The fourth-order valence-corrected chi connectivity index (χ4v) is 6.38. The molecule has 2 aliphatic rings.